The highest BCUT2D eigenvalue weighted by Crippen LogP contribution is 2.41. The normalized spacial score (nSPS) is 15.0. The summed E-state index contributed by atoms with van der Waals surface area (Å²) in [6, 6.07) is 0. The average Bonchev–Trinajstić information content (AvgIpc) is 2.14. The zero-order valence-electron chi connectivity index (χ0n) is 13.3. The quantitative estimate of drug-likeness (QED) is 0.373. The summed E-state index contributed by atoms with van der Waals surface area (Å²) in [5.41, 5.74) is 0.0453. The molecule has 0 rings (SSSR count). The van der Waals surface area contributed by atoms with Crippen LogP contribution in [0.15, 0.2) is 12.7 Å². The molecule has 2 heteroatoms. The van der Waals surface area contributed by atoms with Gasteiger partial charge in [0, 0.05) is 6.42 Å². The first kappa shape index (κ1) is 17.5. The molecule has 0 fully saturated rings. The topological polar surface area (TPSA) is 9.23 Å². The van der Waals surface area contributed by atoms with Gasteiger partial charge < -0.3 is 4.43 Å². The molecule has 0 aliphatic heterocycles. The van der Waals surface area contributed by atoms with Crippen LogP contribution >= 0.6 is 0 Å². The molecule has 18 heavy (non-hydrogen) atoms. The van der Waals surface area contributed by atoms with Crippen molar-refractivity contribution in [1.82, 2.24) is 0 Å². The lowest BCUT2D eigenvalue weighted by Gasteiger charge is -2.43. The van der Waals surface area contributed by atoms with E-state index >= 15 is 0 Å². The van der Waals surface area contributed by atoms with E-state index in [1.165, 1.54) is 0 Å². The highest BCUT2D eigenvalue weighted by atomic mass is 28.4. The predicted molar refractivity (Wildman–Crippen MR) is 84.1 cm³/mol. The first-order valence-corrected chi connectivity index (χ1v) is 9.61. The molecular weight excluding hydrogens is 236 g/mol. The molecular formula is C16H30OSi. The smallest absolute Gasteiger partial charge is 0.192 e. The summed E-state index contributed by atoms with van der Waals surface area (Å²) < 4.78 is 6.51. The van der Waals surface area contributed by atoms with Crippen molar-refractivity contribution in [2.24, 2.45) is 5.41 Å². The van der Waals surface area contributed by atoms with Crippen molar-refractivity contribution >= 4 is 8.32 Å². The number of hydrogen-bond donors (Lipinski definition) is 0. The van der Waals surface area contributed by atoms with E-state index in [4.69, 9.17) is 10.8 Å². The lowest BCUT2D eigenvalue weighted by atomic mass is 9.82. The largest absolute Gasteiger partial charge is 0.412 e. The molecule has 0 spiro atoms. The molecule has 0 radical (unpaired) electrons. The summed E-state index contributed by atoms with van der Waals surface area (Å²) in [6.07, 6.45) is 9.18. The second kappa shape index (κ2) is 6.08. The number of allylic oxidation sites excluding steroid dienone is 1. The van der Waals surface area contributed by atoms with Gasteiger partial charge in [-0.15, -0.1) is 18.9 Å². The summed E-state index contributed by atoms with van der Waals surface area (Å²) in [5.74, 6) is 2.77. The minimum atomic E-state index is -1.77. The summed E-state index contributed by atoms with van der Waals surface area (Å²) in [7, 11) is -1.77. The number of terminal acetylenes is 1. The van der Waals surface area contributed by atoms with Gasteiger partial charge in [0.15, 0.2) is 8.32 Å². The summed E-state index contributed by atoms with van der Waals surface area (Å²) in [6.45, 7) is 19.6. The monoisotopic (exact) mass is 266 g/mol. The molecule has 0 saturated heterocycles. The number of rotatable bonds is 6. The fourth-order valence-corrected chi connectivity index (χ4v) is 3.09. The van der Waals surface area contributed by atoms with Crippen molar-refractivity contribution in [3.05, 3.63) is 12.7 Å². The van der Waals surface area contributed by atoms with Gasteiger partial charge in [-0.1, -0.05) is 40.7 Å². The maximum atomic E-state index is 6.51. The number of hydrogen-bond acceptors (Lipinski definition) is 1. The Balaban J connectivity index is 5.06. The van der Waals surface area contributed by atoms with E-state index in [0.29, 0.717) is 6.42 Å². The molecule has 1 nitrogen and oxygen atoms in total. The van der Waals surface area contributed by atoms with E-state index < -0.39 is 8.32 Å². The van der Waals surface area contributed by atoms with Crippen molar-refractivity contribution in [3.8, 4) is 12.3 Å². The van der Waals surface area contributed by atoms with Gasteiger partial charge >= 0.3 is 0 Å². The van der Waals surface area contributed by atoms with Crippen molar-refractivity contribution in [2.75, 3.05) is 0 Å². The van der Waals surface area contributed by atoms with Gasteiger partial charge in [-0.05, 0) is 30.0 Å². The SMILES string of the molecule is C#CCC(O[Si](C)(C)C(C)(C)C)C(C)(C)CC=C. The highest BCUT2D eigenvalue weighted by Gasteiger charge is 2.42. The maximum absolute atomic E-state index is 6.51. The molecule has 0 aromatic carbocycles. The van der Waals surface area contributed by atoms with Crippen LogP contribution in [0.4, 0.5) is 0 Å². The van der Waals surface area contributed by atoms with Gasteiger partial charge in [0.25, 0.3) is 0 Å². The maximum Gasteiger partial charge on any atom is 0.192 e. The second-order valence-electron chi connectivity index (χ2n) is 7.26. The zero-order chi connectivity index (χ0) is 14.6. The van der Waals surface area contributed by atoms with Crippen LogP contribution in [0.2, 0.25) is 18.1 Å². The first-order chi connectivity index (χ1) is 7.98. The average molecular weight is 267 g/mol. The third-order valence-corrected chi connectivity index (χ3v) is 8.57. The first-order valence-electron chi connectivity index (χ1n) is 6.70. The second-order valence-corrected chi connectivity index (χ2v) is 12.0. The van der Waals surface area contributed by atoms with Crippen LogP contribution in [0.3, 0.4) is 0 Å². The third-order valence-electron chi connectivity index (χ3n) is 4.09. The van der Waals surface area contributed by atoms with E-state index in [9.17, 15) is 0 Å². The molecule has 0 N–H and O–H groups in total. The van der Waals surface area contributed by atoms with Crippen LogP contribution in [0.25, 0.3) is 0 Å². The Labute approximate surface area is 115 Å². The highest BCUT2D eigenvalue weighted by molar-refractivity contribution is 6.74. The molecule has 0 aromatic heterocycles. The Morgan fingerprint density at radius 3 is 2.11 bits per heavy atom. The fraction of sp³-hybridized carbons (Fsp3) is 0.750. The van der Waals surface area contributed by atoms with E-state index in [1.54, 1.807) is 0 Å². The third kappa shape index (κ3) is 4.63. The van der Waals surface area contributed by atoms with Crippen LogP contribution < -0.4 is 0 Å². The Kier molecular flexibility index (Phi) is 5.90. The van der Waals surface area contributed by atoms with Gasteiger partial charge in [-0.25, -0.2) is 0 Å². The van der Waals surface area contributed by atoms with E-state index in [2.05, 4.69) is 60.2 Å². The predicted octanol–water partition coefficient (Wildman–Crippen LogP) is 5.00. The Morgan fingerprint density at radius 1 is 1.28 bits per heavy atom. The molecule has 104 valence electrons. The Morgan fingerprint density at radius 2 is 1.78 bits per heavy atom. The van der Waals surface area contributed by atoms with E-state index in [-0.39, 0.29) is 16.6 Å². The molecule has 0 saturated carbocycles. The lowest BCUT2D eigenvalue weighted by molar-refractivity contribution is 0.0663. The Hall–Kier alpha value is -0.523. The van der Waals surface area contributed by atoms with Gasteiger partial charge in [0.05, 0.1) is 6.10 Å². The summed E-state index contributed by atoms with van der Waals surface area (Å²) >= 11 is 0. The van der Waals surface area contributed by atoms with E-state index in [0.717, 1.165) is 6.42 Å². The minimum Gasteiger partial charge on any atom is -0.412 e. The van der Waals surface area contributed by atoms with Gasteiger partial charge in [0.2, 0.25) is 0 Å². The molecule has 1 unspecified atom stereocenters. The van der Waals surface area contributed by atoms with Crippen molar-refractivity contribution < 1.29 is 4.43 Å². The minimum absolute atomic E-state index is 0.0453. The molecule has 0 aromatic rings. The molecule has 1 atom stereocenters. The molecule has 0 aliphatic rings. The summed E-state index contributed by atoms with van der Waals surface area (Å²) in [5, 5.41) is 0.212. The molecule has 0 bridgehead atoms. The van der Waals surface area contributed by atoms with Crippen LogP contribution in [0.1, 0.15) is 47.5 Å². The molecule has 0 amide bonds. The van der Waals surface area contributed by atoms with Gasteiger partial charge in [-0.3, -0.25) is 0 Å². The van der Waals surface area contributed by atoms with E-state index in [1.807, 2.05) is 6.08 Å². The zero-order valence-corrected chi connectivity index (χ0v) is 14.3. The van der Waals surface area contributed by atoms with Crippen LogP contribution in [0, 0.1) is 17.8 Å². The molecule has 0 aliphatic carbocycles. The van der Waals surface area contributed by atoms with Crippen LogP contribution in [-0.4, -0.2) is 14.4 Å². The lowest BCUT2D eigenvalue weighted by Crippen LogP contribution is -2.47. The van der Waals surface area contributed by atoms with Crippen molar-refractivity contribution in [1.29, 1.82) is 0 Å². The summed E-state index contributed by atoms with van der Waals surface area (Å²) in [4.78, 5) is 0. The standard InChI is InChI=1S/C16H30OSi/c1-10-12-14(16(6,7)13-11-2)17-18(8,9)15(3,4)5/h1,11,14H,2,12-13H2,3-9H3. The Bertz CT molecular complexity index is 315. The van der Waals surface area contributed by atoms with Crippen LogP contribution in [-0.2, 0) is 4.43 Å². The van der Waals surface area contributed by atoms with Crippen LogP contribution in [0.5, 0.6) is 0 Å². The fourth-order valence-electron chi connectivity index (χ4n) is 1.62. The molecule has 0 heterocycles. The van der Waals surface area contributed by atoms with Gasteiger partial charge in [0.1, 0.15) is 0 Å². The van der Waals surface area contributed by atoms with Gasteiger partial charge in [-0.2, -0.15) is 0 Å². The van der Waals surface area contributed by atoms with Crippen molar-refractivity contribution in [3.63, 3.8) is 0 Å². The van der Waals surface area contributed by atoms with Crippen molar-refractivity contribution in [2.45, 2.75) is 71.7 Å².